The quantitative estimate of drug-likeness (QED) is 0.720. The summed E-state index contributed by atoms with van der Waals surface area (Å²) in [7, 11) is 0. The molecule has 0 bridgehead atoms. The molecule has 0 saturated carbocycles. The Balaban J connectivity index is 2.34. The number of anilines is 2. The number of nitrogens with zero attached hydrogens (tertiary/aromatic N) is 1. The van der Waals surface area contributed by atoms with Crippen LogP contribution in [-0.4, -0.2) is 4.98 Å². The zero-order valence-electron chi connectivity index (χ0n) is 9.89. The molecular formula is C13H11Br2ClN2. The highest BCUT2D eigenvalue weighted by atomic mass is 79.9. The van der Waals surface area contributed by atoms with Gasteiger partial charge in [0.2, 0.25) is 0 Å². The molecule has 0 unspecified atom stereocenters. The molecule has 0 fully saturated rings. The van der Waals surface area contributed by atoms with Crippen LogP contribution in [0, 0.1) is 13.8 Å². The second kappa shape index (κ2) is 5.59. The number of aromatic nitrogens is 1. The molecule has 2 rings (SSSR count). The molecule has 0 saturated heterocycles. The summed E-state index contributed by atoms with van der Waals surface area (Å²) < 4.78 is 1.96. The standard InChI is InChI=1S/C13H11Br2ClN2/c1-7-5-10(15)12(6-11(7)16)18-13-4-3-9(14)8(2)17-13/h3-6H,1-2H3,(H,17,18). The highest BCUT2D eigenvalue weighted by Crippen LogP contribution is 2.31. The monoisotopic (exact) mass is 388 g/mol. The van der Waals surface area contributed by atoms with Crippen LogP contribution < -0.4 is 5.32 Å². The summed E-state index contributed by atoms with van der Waals surface area (Å²) in [6.45, 7) is 3.92. The minimum Gasteiger partial charge on any atom is -0.339 e. The number of hydrogen-bond acceptors (Lipinski definition) is 2. The minimum atomic E-state index is 0.731. The van der Waals surface area contributed by atoms with Gasteiger partial charge in [-0.2, -0.15) is 0 Å². The minimum absolute atomic E-state index is 0.731. The van der Waals surface area contributed by atoms with Crippen LogP contribution in [0.1, 0.15) is 11.3 Å². The van der Waals surface area contributed by atoms with Crippen LogP contribution in [0.4, 0.5) is 11.5 Å². The summed E-state index contributed by atoms with van der Waals surface area (Å²) in [6.07, 6.45) is 0. The van der Waals surface area contributed by atoms with Gasteiger partial charge in [0.15, 0.2) is 0 Å². The molecule has 5 heteroatoms. The topological polar surface area (TPSA) is 24.9 Å². The van der Waals surface area contributed by atoms with Crippen LogP contribution in [0.2, 0.25) is 5.02 Å². The lowest BCUT2D eigenvalue weighted by Gasteiger charge is -2.11. The second-order valence-electron chi connectivity index (χ2n) is 3.97. The normalized spacial score (nSPS) is 10.5. The summed E-state index contributed by atoms with van der Waals surface area (Å²) >= 11 is 13.1. The Morgan fingerprint density at radius 1 is 1.11 bits per heavy atom. The van der Waals surface area contributed by atoms with E-state index in [0.717, 1.165) is 36.7 Å². The van der Waals surface area contributed by atoms with E-state index in [9.17, 15) is 0 Å². The third kappa shape index (κ3) is 3.05. The first-order valence-electron chi connectivity index (χ1n) is 5.33. The number of nitrogens with one attached hydrogen (secondary N) is 1. The maximum absolute atomic E-state index is 6.12. The van der Waals surface area contributed by atoms with Crippen molar-refractivity contribution in [2.45, 2.75) is 13.8 Å². The number of pyridine rings is 1. The number of aryl methyl sites for hydroxylation is 2. The molecule has 0 atom stereocenters. The predicted octanol–water partition coefficient (Wildman–Crippen LogP) is 5.62. The van der Waals surface area contributed by atoms with Gasteiger partial charge in [0.05, 0.1) is 11.4 Å². The van der Waals surface area contributed by atoms with Crippen molar-refractivity contribution in [3.63, 3.8) is 0 Å². The number of benzene rings is 1. The van der Waals surface area contributed by atoms with Crippen LogP contribution in [0.3, 0.4) is 0 Å². The summed E-state index contributed by atoms with van der Waals surface area (Å²) in [6, 6.07) is 7.75. The molecule has 0 amide bonds. The summed E-state index contributed by atoms with van der Waals surface area (Å²) in [4.78, 5) is 4.44. The number of halogens is 3. The van der Waals surface area contributed by atoms with Crippen molar-refractivity contribution < 1.29 is 0 Å². The molecule has 1 aromatic carbocycles. The molecule has 0 aliphatic carbocycles. The molecule has 94 valence electrons. The van der Waals surface area contributed by atoms with Gasteiger partial charge in [-0.15, -0.1) is 0 Å². The second-order valence-corrected chi connectivity index (χ2v) is 6.09. The van der Waals surface area contributed by atoms with E-state index in [-0.39, 0.29) is 0 Å². The van der Waals surface area contributed by atoms with E-state index in [2.05, 4.69) is 42.2 Å². The van der Waals surface area contributed by atoms with Crippen LogP contribution in [0.5, 0.6) is 0 Å². The van der Waals surface area contributed by atoms with Crippen LogP contribution in [0.15, 0.2) is 33.2 Å². The Labute approximate surface area is 128 Å². The Morgan fingerprint density at radius 3 is 2.50 bits per heavy atom. The van der Waals surface area contributed by atoms with Gasteiger partial charge in [-0.05, 0) is 75.5 Å². The van der Waals surface area contributed by atoms with Gasteiger partial charge in [0, 0.05) is 14.0 Å². The molecule has 2 aromatic rings. The van der Waals surface area contributed by atoms with Gasteiger partial charge in [-0.3, -0.25) is 0 Å². The highest BCUT2D eigenvalue weighted by Gasteiger charge is 2.06. The summed E-state index contributed by atoms with van der Waals surface area (Å²) in [5.74, 6) is 0.788. The van der Waals surface area contributed by atoms with Crippen molar-refractivity contribution in [2.24, 2.45) is 0 Å². The third-order valence-electron chi connectivity index (χ3n) is 2.53. The van der Waals surface area contributed by atoms with Crippen molar-refractivity contribution in [2.75, 3.05) is 5.32 Å². The molecule has 0 aliphatic heterocycles. The lowest BCUT2D eigenvalue weighted by molar-refractivity contribution is 1.18. The van der Waals surface area contributed by atoms with Crippen molar-refractivity contribution in [3.8, 4) is 0 Å². The van der Waals surface area contributed by atoms with E-state index in [0.29, 0.717) is 0 Å². The first-order chi connectivity index (χ1) is 8.47. The zero-order valence-corrected chi connectivity index (χ0v) is 13.8. The van der Waals surface area contributed by atoms with Crippen LogP contribution in [-0.2, 0) is 0 Å². The molecule has 0 radical (unpaired) electrons. The molecule has 0 spiro atoms. The summed E-state index contributed by atoms with van der Waals surface area (Å²) in [5.41, 5.74) is 2.88. The lowest BCUT2D eigenvalue weighted by atomic mass is 10.2. The van der Waals surface area contributed by atoms with E-state index >= 15 is 0 Å². The molecule has 2 nitrogen and oxygen atoms in total. The maximum atomic E-state index is 6.12. The first kappa shape index (κ1) is 13.8. The Hall–Kier alpha value is -0.580. The number of rotatable bonds is 2. The average Bonchev–Trinajstić information content (AvgIpc) is 2.31. The lowest BCUT2D eigenvalue weighted by Crippen LogP contribution is -1.96. The van der Waals surface area contributed by atoms with Gasteiger partial charge in [0.1, 0.15) is 5.82 Å². The van der Waals surface area contributed by atoms with Crippen molar-refractivity contribution in [1.29, 1.82) is 0 Å². The fourth-order valence-corrected chi connectivity index (χ4v) is 2.44. The van der Waals surface area contributed by atoms with Gasteiger partial charge < -0.3 is 5.32 Å². The van der Waals surface area contributed by atoms with Gasteiger partial charge in [0.25, 0.3) is 0 Å². The largest absolute Gasteiger partial charge is 0.339 e. The SMILES string of the molecule is Cc1cc(Br)c(Nc2ccc(Br)c(C)n2)cc1Cl. The fraction of sp³-hybridized carbons (Fsp3) is 0.154. The van der Waals surface area contributed by atoms with E-state index in [1.807, 2.05) is 38.1 Å². The molecule has 0 aliphatic rings. The smallest absolute Gasteiger partial charge is 0.130 e. The van der Waals surface area contributed by atoms with E-state index in [1.54, 1.807) is 0 Å². The predicted molar refractivity (Wildman–Crippen MR) is 83.8 cm³/mol. The Morgan fingerprint density at radius 2 is 1.83 bits per heavy atom. The van der Waals surface area contributed by atoms with E-state index in [1.165, 1.54) is 0 Å². The maximum Gasteiger partial charge on any atom is 0.130 e. The van der Waals surface area contributed by atoms with E-state index in [4.69, 9.17) is 11.6 Å². The van der Waals surface area contributed by atoms with Gasteiger partial charge >= 0.3 is 0 Å². The van der Waals surface area contributed by atoms with Gasteiger partial charge in [-0.25, -0.2) is 4.98 Å². The average molecular weight is 391 g/mol. The molecule has 1 aromatic heterocycles. The van der Waals surface area contributed by atoms with Crippen molar-refractivity contribution in [1.82, 2.24) is 4.98 Å². The van der Waals surface area contributed by atoms with Crippen molar-refractivity contribution in [3.05, 3.63) is 49.5 Å². The van der Waals surface area contributed by atoms with Gasteiger partial charge in [-0.1, -0.05) is 11.6 Å². The fourth-order valence-electron chi connectivity index (χ4n) is 1.49. The molecule has 1 N–H and O–H groups in total. The molecular weight excluding hydrogens is 379 g/mol. The van der Waals surface area contributed by atoms with Crippen LogP contribution in [0.25, 0.3) is 0 Å². The molecule has 18 heavy (non-hydrogen) atoms. The third-order valence-corrected chi connectivity index (χ3v) is 4.43. The first-order valence-corrected chi connectivity index (χ1v) is 7.29. The number of hydrogen-bond donors (Lipinski definition) is 1. The zero-order chi connectivity index (χ0) is 13.3. The Kier molecular flexibility index (Phi) is 4.30. The summed E-state index contributed by atoms with van der Waals surface area (Å²) in [5, 5.41) is 3.98. The molecule has 1 heterocycles. The highest BCUT2D eigenvalue weighted by molar-refractivity contribution is 9.10. The van der Waals surface area contributed by atoms with E-state index < -0.39 is 0 Å². The Bertz CT molecular complexity index is 600. The van der Waals surface area contributed by atoms with Crippen molar-refractivity contribution >= 4 is 55.0 Å². The van der Waals surface area contributed by atoms with Crippen LogP contribution >= 0.6 is 43.5 Å².